The van der Waals surface area contributed by atoms with Crippen LogP contribution >= 0.6 is 43.5 Å². The van der Waals surface area contributed by atoms with Crippen LogP contribution < -0.4 is 5.32 Å². The lowest BCUT2D eigenvalue weighted by molar-refractivity contribution is 0.0302. The molecule has 0 radical (unpaired) electrons. The van der Waals surface area contributed by atoms with Gasteiger partial charge in [-0.2, -0.15) is 9.67 Å². The fourth-order valence-electron chi connectivity index (χ4n) is 3.36. The van der Waals surface area contributed by atoms with Gasteiger partial charge < -0.3 is 15.0 Å². The molecule has 1 aliphatic heterocycles. The number of nitrogens with one attached hydrogen (secondary N) is 1. The Hall–Kier alpha value is -2.34. The molecule has 1 unspecified atom stereocenters. The van der Waals surface area contributed by atoms with Crippen molar-refractivity contribution < 1.29 is 14.3 Å². The molecule has 3 heterocycles. The first-order valence-corrected chi connectivity index (χ1v) is 12.0. The highest BCUT2D eigenvalue weighted by molar-refractivity contribution is 9.11. The van der Waals surface area contributed by atoms with Crippen LogP contribution in [0.5, 0.6) is 0 Å². The molecule has 2 amide bonds. The molecule has 0 aliphatic carbocycles. The summed E-state index contributed by atoms with van der Waals surface area (Å²) in [7, 11) is 0. The molecule has 4 rings (SSSR count). The molecule has 12 heteroatoms. The molecular formula is C21H19Br2ClN6O3. The number of halogens is 3. The molecule has 3 aromatic rings. The van der Waals surface area contributed by atoms with Crippen LogP contribution in [0.4, 0.5) is 0 Å². The molecule has 1 atom stereocenters. The first-order valence-electron chi connectivity index (χ1n) is 10.0. The van der Waals surface area contributed by atoms with Crippen molar-refractivity contribution in [1.82, 2.24) is 30.0 Å². The number of amides is 2. The standard InChI is InChI=1S/C21H19Br2ClN6O3/c1-12(26-19(31)14-8-15(22)10-16(23)9-14)18-27-21(24)28-30(18)17-3-2-13(11-25-17)20(32)29-4-6-33-7-5-29/h2-3,8-12H,4-7H2,1H3,(H,26,31). The predicted molar refractivity (Wildman–Crippen MR) is 129 cm³/mol. The van der Waals surface area contributed by atoms with Crippen LogP contribution in [0.3, 0.4) is 0 Å². The number of pyridine rings is 1. The Morgan fingerprint density at radius 3 is 2.45 bits per heavy atom. The van der Waals surface area contributed by atoms with Crippen LogP contribution in [-0.2, 0) is 4.74 Å². The number of ether oxygens (including phenoxy) is 1. The average molecular weight is 599 g/mol. The smallest absolute Gasteiger partial charge is 0.255 e. The maximum atomic E-state index is 12.7. The van der Waals surface area contributed by atoms with Gasteiger partial charge in [-0.3, -0.25) is 9.59 Å². The van der Waals surface area contributed by atoms with Crippen molar-refractivity contribution in [3.8, 4) is 5.82 Å². The molecule has 1 fully saturated rings. The summed E-state index contributed by atoms with van der Waals surface area (Å²) in [5.41, 5.74) is 0.944. The number of hydrogen-bond donors (Lipinski definition) is 1. The van der Waals surface area contributed by atoms with Crippen LogP contribution in [0, 0.1) is 0 Å². The highest BCUT2D eigenvalue weighted by atomic mass is 79.9. The van der Waals surface area contributed by atoms with E-state index in [1.807, 2.05) is 6.07 Å². The molecule has 0 bridgehead atoms. The Bertz CT molecular complexity index is 1160. The molecule has 1 N–H and O–H groups in total. The van der Waals surface area contributed by atoms with Gasteiger partial charge in [-0.05, 0) is 48.9 Å². The van der Waals surface area contributed by atoms with Gasteiger partial charge in [0, 0.05) is 33.8 Å². The minimum atomic E-state index is -0.522. The summed E-state index contributed by atoms with van der Waals surface area (Å²) in [6, 6.07) is 8.11. The van der Waals surface area contributed by atoms with E-state index in [4.69, 9.17) is 16.3 Å². The number of carbonyl (C=O) groups excluding carboxylic acids is 2. The quantitative estimate of drug-likeness (QED) is 0.480. The highest BCUT2D eigenvalue weighted by Crippen LogP contribution is 2.22. The van der Waals surface area contributed by atoms with E-state index < -0.39 is 6.04 Å². The summed E-state index contributed by atoms with van der Waals surface area (Å²) >= 11 is 12.8. The normalized spacial score (nSPS) is 14.7. The summed E-state index contributed by atoms with van der Waals surface area (Å²) < 4.78 is 8.29. The van der Waals surface area contributed by atoms with Crippen molar-refractivity contribution in [3.05, 3.63) is 67.7 Å². The van der Waals surface area contributed by atoms with E-state index in [0.29, 0.717) is 49.1 Å². The fourth-order valence-corrected chi connectivity index (χ4v) is 4.82. The molecule has 1 aromatic carbocycles. The van der Waals surface area contributed by atoms with Gasteiger partial charge in [-0.25, -0.2) is 4.98 Å². The minimum Gasteiger partial charge on any atom is -0.378 e. The lowest BCUT2D eigenvalue weighted by atomic mass is 10.2. The van der Waals surface area contributed by atoms with E-state index >= 15 is 0 Å². The van der Waals surface area contributed by atoms with E-state index in [2.05, 4.69) is 52.2 Å². The van der Waals surface area contributed by atoms with Gasteiger partial charge in [0.2, 0.25) is 5.28 Å². The second kappa shape index (κ2) is 10.3. The Morgan fingerprint density at radius 2 is 1.82 bits per heavy atom. The minimum absolute atomic E-state index is 0.0200. The zero-order chi connectivity index (χ0) is 23.5. The summed E-state index contributed by atoms with van der Waals surface area (Å²) in [5, 5.41) is 7.12. The molecule has 172 valence electrons. The van der Waals surface area contributed by atoms with Crippen LogP contribution in [-0.4, -0.2) is 62.8 Å². The Morgan fingerprint density at radius 1 is 1.12 bits per heavy atom. The second-order valence-electron chi connectivity index (χ2n) is 7.31. The summed E-state index contributed by atoms with van der Waals surface area (Å²) in [5.74, 6) is 0.445. The van der Waals surface area contributed by atoms with E-state index in [9.17, 15) is 9.59 Å². The highest BCUT2D eigenvalue weighted by Gasteiger charge is 2.22. The number of carbonyl (C=O) groups is 2. The zero-order valence-corrected chi connectivity index (χ0v) is 21.4. The van der Waals surface area contributed by atoms with Crippen LogP contribution in [0.2, 0.25) is 5.28 Å². The Kier molecular flexibility index (Phi) is 7.42. The van der Waals surface area contributed by atoms with Gasteiger partial charge in [-0.15, -0.1) is 5.10 Å². The summed E-state index contributed by atoms with van der Waals surface area (Å²) in [6.45, 7) is 3.93. The molecule has 1 aliphatic rings. The lowest BCUT2D eigenvalue weighted by Crippen LogP contribution is -2.40. The van der Waals surface area contributed by atoms with Crippen molar-refractivity contribution in [2.75, 3.05) is 26.3 Å². The van der Waals surface area contributed by atoms with Crippen LogP contribution in [0.15, 0.2) is 45.5 Å². The van der Waals surface area contributed by atoms with Crippen LogP contribution in [0.25, 0.3) is 5.82 Å². The molecule has 2 aromatic heterocycles. The number of rotatable bonds is 5. The molecule has 9 nitrogen and oxygen atoms in total. The van der Waals surface area contributed by atoms with Gasteiger partial charge in [-0.1, -0.05) is 31.9 Å². The topological polar surface area (TPSA) is 102 Å². The maximum absolute atomic E-state index is 12.7. The number of morpholine rings is 1. The molecule has 33 heavy (non-hydrogen) atoms. The molecule has 1 saturated heterocycles. The van der Waals surface area contributed by atoms with E-state index in [0.717, 1.165) is 8.95 Å². The average Bonchev–Trinajstić information content (AvgIpc) is 3.20. The lowest BCUT2D eigenvalue weighted by Gasteiger charge is -2.26. The van der Waals surface area contributed by atoms with Gasteiger partial charge >= 0.3 is 0 Å². The first-order chi connectivity index (χ1) is 15.8. The third-order valence-electron chi connectivity index (χ3n) is 4.98. The maximum Gasteiger partial charge on any atom is 0.255 e. The monoisotopic (exact) mass is 596 g/mol. The second-order valence-corrected chi connectivity index (χ2v) is 9.48. The van der Waals surface area contributed by atoms with Crippen LogP contribution in [0.1, 0.15) is 39.5 Å². The molecule has 0 saturated carbocycles. The zero-order valence-electron chi connectivity index (χ0n) is 17.5. The van der Waals surface area contributed by atoms with Gasteiger partial charge in [0.1, 0.15) is 0 Å². The number of hydrogen-bond acceptors (Lipinski definition) is 6. The fraction of sp³-hybridized carbons (Fsp3) is 0.286. The number of nitrogens with zero attached hydrogens (tertiary/aromatic N) is 5. The van der Waals surface area contributed by atoms with Crippen molar-refractivity contribution >= 4 is 55.3 Å². The van der Waals surface area contributed by atoms with Crippen molar-refractivity contribution in [1.29, 1.82) is 0 Å². The third kappa shape index (κ3) is 5.60. The van der Waals surface area contributed by atoms with E-state index in [1.54, 1.807) is 36.1 Å². The summed E-state index contributed by atoms with van der Waals surface area (Å²) in [4.78, 5) is 35.8. The van der Waals surface area contributed by atoms with Crippen molar-refractivity contribution in [2.24, 2.45) is 0 Å². The van der Waals surface area contributed by atoms with Gasteiger partial charge in [0.25, 0.3) is 11.8 Å². The molecular weight excluding hydrogens is 580 g/mol. The Labute approximate surface area is 211 Å². The van der Waals surface area contributed by atoms with Gasteiger partial charge in [0.15, 0.2) is 11.6 Å². The number of aromatic nitrogens is 4. The third-order valence-corrected chi connectivity index (χ3v) is 6.05. The SMILES string of the molecule is CC(NC(=O)c1cc(Br)cc(Br)c1)c1nc(Cl)nn1-c1ccc(C(=O)N2CCOCC2)cn1. The van der Waals surface area contributed by atoms with E-state index in [-0.39, 0.29) is 17.1 Å². The van der Waals surface area contributed by atoms with Crippen molar-refractivity contribution in [2.45, 2.75) is 13.0 Å². The van der Waals surface area contributed by atoms with Crippen molar-refractivity contribution in [3.63, 3.8) is 0 Å². The Balaban J connectivity index is 1.53. The van der Waals surface area contributed by atoms with E-state index in [1.165, 1.54) is 10.9 Å². The van der Waals surface area contributed by atoms with Gasteiger partial charge in [0.05, 0.1) is 24.8 Å². The molecule has 0 spiro atoms. The predicted octanol–water partition coefficient (Wildman–Crippen LogP) is 3.80. The first kappa shape index (κ1) is 23.8. The number of benzene rings is 1. The largest absolute Gasteiger partial charge is 0.378 e. The summed E-state index contributed by atoms with van der Waals surface area (Å²) in [6.07, 6.45) is 1.49.